The molecule has 0 amide bonds. The number of hydrogen-bond acceptors (Lipinski definition) is 6. The average molecular weight is 693 g/mol. The van der Waals surface area contributed by atoms with Gasteiger partial charge in [0, 0.05) is 0 Å². The molecule has 0 bridgehead atoms. The van der Waals surface area contributed by atoms with Gasteiger partial charge in [-0.15, -0.1) is 0 Å². The topological polar surface area (TPSA) is 59.1 Å². The number of nitrogens with zero attached hydrogens (tertiary/aromatic N) is 2. The average Bonchev–Trinajstić information content (AvgIpc) is 3.11. The van der Waals surface area contributed by atoms with E-state index < -0.39 is 0 Å². The van der Waals surface area contributed by atoms with Gasteiger partial charge >= 0.3 is 11.9 Å². The number of unbranched alkanes of at least 4 members (excludes halogenated alkanes) is 18. The molecule has 0 radical (unpaired) electrons. The van der Waals surface area contributed by atoms with E-state index >= 15 is 0 Å². The van der Waals surface area contributed by atoms with Crippen LogP contribution in [0.2, 0.25) is 0 Å². The number of rotatable bonds is 31. The first-order chi connectivity index (χ1) is 24.4. The van der Waals surface area contributed by atoms with E-state index in [0.717, 1.165) is 48.2 Å². The smallest absolute Gasteiger partial charge is 0.320 e. The van der Waals surface area contributed by atoms with Gasteiger partial charge in [0.2, 0.25) is 0 Å². The monoisotopic (exact) mass is 693 g/mol. The second-order valence-electron chi connectivity index (χ2n) is 14.5. The molecule has 50 heavy (non-hydrogen) atoms. The summed E-state index contributed by atoms with van der Waals surface area (Å²) < 4.78 is 11.5. The Morgan fingerprint density at radius 1 is 0.460 bits per heavy atom. The van der Waals surface area contributed by atoms with Crippen LogP contribution in [0.15, 0.2) is 48.5 Å². The van der Waals surface area contributed by atoms with Gasteiger partial charge in [-0.2, -0.15) is 0 Å². The number of ether oxygens (including phenoxy) is 2. The van der Waals surface area contributed by atoms with Crippen molar-refractivity contribution in [3.63, 3.8) is 0 Å². The number of likely N-dealkylation sites (N-methyl/N-ethyl adjacent to an activating group) is 2. The third kappa shape index (κ3) is 20.8. The van der Waals surface area contributed by atoms with Crippen molar-refractivity contribution < 1.29 is 19.1 Å². The third-order valence-corrected chi connectivity index (χ3v) is 9.69. The molecule has 2 aromatic rings. The third-order valence-electron chi connectivity index (χ3n) is 9.69. The maximum absolute atomic E-state index is 12.7. The summed E-state index contributed by atoms with van der Waals surface area (Å²) in [5, 5.41) is 0. The van der Waals surface area contributed by atoms with Crippen LogP contribution in [0, 0.1) is 0 Å². The van der Waals surface area contributed by atoms with E-state index in [0.29, 0.717) is 13.1 Å². The van der Waals surface area contributed by atoms with E-state index in [1.165, 1.54) is 116 Å². The Balaban J connectivity index is 1.70. The predicted molar refractivity (Wildman–Crippen MR) is 210 cm³/mol. The second-order valence-corrected chi connectivity index (χ2v) is 14.5. The van der Waals surface area contributed by atoms with Crippen LogP contribution in [0.1, 0.15) is 153 Å². The first kappa shape index (κ1) is 43.5. The fraction of sp³-hybridized carbons (Fsp3) is 0.682. The fourth-order valence-electron chi connectivity index (χ4n) is 6.56. The Morgan fingerprint density at radius 2 is 0.760 bits per heavy atom. The molecule has 0 aromatic heterocycles. The predicted octanol–water partition coefficient (Wildman–Crippen LogP) is 11.1. The zero-order valence-electron chi connectivity index (χ0n) is 32.5. The first-order valence-corrected chi connectivity index (χ1v) is 20.3. The van der Waals surface area contributed by atoms with E-state index in [4.69, 9.17) is 9.47 Å². The minimum atomic E-state index is -0.210. The molecule has 0 saturated heterocycles. The summed E-state index contributed by atoms with van der Waals surface area (Å²) in [5.41, 5.74) is 3.86. The van der Waals surface area contributed by atoms with E-state index in [-0.39, 0.29) is 25.2 Å². The Morgan fingerprint density at radius 3 is 1.10 bits per heavy atom. The lowest BCUT2D eigenvalue weighted by Crippen LogP contribution is -2.28. The molecular formula is C44H72N2O4. The van der Waals surface area contributed by atoms with Crippen molar-refractivity contribution in [3.8, 4) is 11.1 Å². The highest BCUT2D eigenvalue weighted by molar-refractivity contribution is 5.74. The molecule has 0 aliphatic rings. The van der Waals surface area contributed by atoms with Crippen LogP contribution in [-0.2, 0) is 32.3 Å². The van der Waals surface area contributed by atoms with Gasteiger partial charge in [0.15, 0.2) is 0 Å². The van der Waals surface area contributed by atoms with Crippen molar-refractivity contribution in [2.24, 2.45) is 0 Å². The van der Waals surface area contributed by atoms with Gasteiger partial charge in [0.05, 0.1) is 13.1 Å². The molecule has 0 spiro atoms. The van der Waals surface area contributed by atoms with Gasteiger partial charge in [-0.05, 0) is 62.3 Å². The van der Waals surface area contributed by atoms with Crippen molar-refractivity contribution in [1.29, 1.82) is 0 Å². The molecule has 0 unspecified atom stereocenters. The van der Waals surface area contributed by atoms with Gasteiger partial charge < -0.3 is 9.47 Å². The molecule has 0 N–H and O–H groups in total. The summed E-state index contributed by atoms with van der Waals surface area (Å²) in [5.74, 6) is -0.419. The lowest BCUT2D eigenvalue weighted by atomic mass is 9.96. The van der Waals surface area contributed by atoms with Crippen LogP contribution in [0.4, 0.5) is 0 Å². The molecule has 6 heteroatoms. The standard InChI is InChI=1S/C44H72N2O4/c1-5-7-9-11-13-15-17-19-21-27-33-45(3)35-43(47)49-37-39-29-23-25-31-41(39)42-32-26-24-30-40(42)38-50-44(48)36-46(4)34-28-22-20-18-16-14-12-10-8-6-2/h23-26,29-32H,5-22,27-28,33-38H2,1-4H3. The summed E-state index contributed by atoms with van der Waals surface area (Å²) in [7, 11) is 3.99. The van der Waals surface area contributed by atoms with E-state index in [1.807, 2.05) is 62.6 Å². The molecule has 6 nitrogen and oxygen atoms in total. The van der Waals surface area contributed by atoms with Crippen LogP contribution >= 0.6 is 0 Å². The van der Waals surface area contributed by atoms with Crippen molar-refractivity contribution in [3.05, 3.63) is 59.7 Å². The molecule has 0 aliphatic carbocycles. The number of carbonyl (C=O) groups is 2. The SMILES string of the molecule is CCCCCCCCCCCCN(C)CC(=O)OCc1ccccc1-c1ccccc1COC(=O)CN(C)CCCCCCCCCCCC. The summed E-state index contributed by atoms with van der Waals surface area (Å²) in [6.07, 6.45) is 26.1. The van der Waals surface area contributed by atoms with Gasteiger partial charge in [-0.3, -0.25) is 19.4 Å². The van der Waals surface area contributed by atoms with Crippen LogP contribution in [0.5, 0.6) is 0 Å². The quantitative estimate of drug-likeness (QED) is 0.0579. The van der Waals surface area contributed by atoms with E-state index in [2.05, 4.69) is 23.6 Å². The molecular weight excluding hydrogens is 620 g/mol. The van der Waals surface area contributed by atoms with Crippen LogP contribution in [0.3, 0.4) is 0 Å². The zero-order valence-corrected chi connectivity index (χ0v) is 32.5. The van der Waals surface area contributed by atoms with Crippen molar-refractivity contribution in [1.82, 2.24) is 9.80 Å². The zero-order chi connectivity index (χ0) is 36.1. The molecule has 2 aromatic carbocycles. The summed E-state index contributed by atoms with van der Waals surface area (Å²) in [4.78, 5) is 29.6. The number of carbonyl (C=O) groups excluding carboxylic acids is 2. The van der Waals surface area contributed by atoms with Crippen molar-refractivity contribution in [2.45, 2.75) is 155 Å². The number of benzene rings is 2. The Hall–Kier alpha value is -2.70. The maximum Gasteiger partial charge on any atom is 0.320 e. The number of esters is 2. The highest BCUT2D eigenvalue weighted by atomic mass is 16.5. The Bertz CT molecular complexity index is 1060. The fourth-order valence-corrected chi connectivity index (χ4v) is 6.56. The largest absolute Gasteiger partial charge is 0.460 e. The highest BCUT2D eigenvalue weighted by Gasteiger charge is 2.14. The van der Waals surface area contributed by atoms with Gasteiger partial charge in [-0.1, -0.05) is 178 Å². The van der Waals surface area contributed by atoms with Gasteiger partial charge in [0.25, 0.3) is 0 Å². The molecule has 282 valence electrons. The summed E-state index contributed by atoms with van der Waals surface area (Å²) in [6.45, 7) is 7.34. The first-order valence-electron chi connectivity index (χ1n) is 20.3. The molecule has 0 heterocycles. The lowest BCUT2D eigenvalue weighted by molar-refractivity contribution is -0.146. The van der Waals surface area contributed by atoms with E-state index in [9.17, 15) is 9.59 Å². The molecule has 2 rings (SSSR count). The minimum Gasteiger partial charge on any atom is -0.460 e. The Kier molecular flexibility index (Phi) is 25.2. The lowest BCUT2D eigenvalue weighted by Gasteiger charge is -2.18. The number of hydrogen-bond donors (Lipinski definition) is 0. The van der Waals surface area contributed by atoms with Gasteiger partial charge in [0.1, 0.15) is 13.2 Å². The molecule has 0 atom stereocenters. The van der Waals surface area contributed by atoms with Crippen molar-refractivity contribution in [2.75, 3.05) is 40.3 Å². The summed E-state index contributed by atoms with van der Waals surface area (Å²) in [6, 6.07) is 16.0. The highest BCUT2D eigenvalue weighted by Crippen LogP contribution is 2.28. The molecule has 0 saturated carbocycles. The van der Waals surface area contributed by atoms with E-state index in [1.54, 1.807) is 0 Å². The minimum absolute atomic E-state index is 0.207. The Labute approximate surface area is 306 Å². The van der Waals surface area contributed by atoms with Gasteiger partial charge in [-0.25, -0.2) is 0 Å². The van der Waals surface area contributed by atoms with Crippen LogP contribution < -0.4 is 0 Å². The van der Waals surface area contributed by atoms with Crippen molar-refractivity contribution >= 4 is 11.9 Å². The maximum atomic E-state index is 12.7. The second kappa shape index (κ2) is 28.9. The molecule has 0 aliphatic heterocycles. The summed E-state index contributed by atoms with van der Waals surface area (Å²) >= 11 is 0. The normalized spacial score (nSPS) is 11.4. The van der Waals surface area contributed by atoms with Crippen LogP contribution in [-0.4, -0.2) is 62.0 Å². The van der Waals surface area contributed by atoms with Crippen LogP contribution in [0.25, 0.3) is 11.1 Å². The molecule has 0 fully saturated rings.